The highest BCUT2D eigenvalue weighted by molar-refractivity contribution is 5.98. The number of fused-ring (bicyclic) bond motifs is 1. The zero-order valence-corrected chi connectivity index (χ0v) is 14.8. The van der Waals surface area contributed by atoms with E-state index in [0.717, 1.165) is 6.42 Å². The van der Waals surface area contributed by atoms with E-state index in [1.165, 1.54) is 19.2 Å². The van der Waals surface area contributed by atoms with Crippen molar-refractivity contribution >= 4 is 11.8 Å². The van der Waals surface area contributed by atoms with Crippen LogP contribution in [0.2, 0.25) is 0 Å². The van der Waals surface area contributed by atoms with Gasteiger partial charge in [0.2, 0.25) is 0 Å². The van der Waals surface area contributed by atoms with E-state index in [1.54, 1.807) is 24.3 Å². The Morgan fingerprint density at radius 2 is 1.85 bits per heavy atom. The number of esters is 1. The molecule has 1 aliphatic rings. The molecular weight excluding hydrogens is 355 g/mol. The SMILES string of the molecule is COc1ccc(CC(=O)OCC(=O)c2ccc3c(c2)OCCCO3)cc1F. The summed E-state index contributed by atoms with van der Waals surface area (Å²) in [5.74, 6) is -0.370. The van der Waals surface area contributed by atoms with E-state index in [0.29, 0.717) is 35.8 Å². The summed E-state index contributed by atoms with van der Waals surface area (Å²) in [5.41, 5.74) is 0.795. The molecule has 0 aromatic heterocycles. The van der Waals surface area contributed by atoms with Gasteiger partial charge in [-0.05, 0) is 35.9 Å². The number of ketones is 1. The summed E-state index contributed by atoms with van der Waals surface area (Å²) in [4.78, 5) is 24.2. The van der Waals surface area contributed by atoms with E-state index >= 15 is 0 Å². The van der Waals surface area contributed by atoms with E-state index in [2.05, 4.69) is 0 Å². The Labute approximate surface area is 155 Å². The van der Waals surface area contributed by atoms with Gasteiger partial charge in [0, 0.05) is 12.0 Å². The monoisotopic (exact) mass is 374 g/mol. The Balaban J connectivity index is 1.56. The van der Waals surface area contributed by atoms with E-state index in [9.17, 15) is 14.0 Å². The van der Waals surface area contributed by atoms with Crippen LogP contribution in [0.1, 0.15) is 22.3 Å². The van der Waals surface area contributed by atoms with Crippen molar-refractivity contribution in [2.75, 3.05) is 26.9 Å². The number of carbonyl (C=O) groups is 2. The van der Waals surface area contributed by atoms with Crippen LogP contribution in [0.5, 0.6) is 17.2 Å². The first kappa shape index (κ1) is 18.7. The lowest BCUT2D eigenvalue weighted by Crippen LogP contribution is -2.16. The van der Waals surface area contributed by atoms with Crippen molar-refractivity contribution in [3.63, 3.8) is 0 Å². The minimum Gasteiger partial charge on any atom is -0.494 e. The molecule has 0 atom stereocenters. The predicted molar refractivity (Wildman–Crippen MR) is 94.0 cm³/mol. The molecule has 27 heavy (non-hydrogen) atoms. The summed E-state index contributed by atoms with van der Waals surface area (Å²) < 4.78 is 34.5. The lowest BCUT2D eigenvalue weighted by atomic mass is 10.1. The molecule has 0 fully saturated rings. The largest absolute Gasteiger partial charge is 0.494 e. The van der Waals surface area contributed by atoms with Gasteiger partial charge in [-0.25, -0.2) is 4.39 Å². The van der Waals surface area contributed by atoms with Gasteiger partial charge in [0.15, 0.2) is 35.5 Å². The van der Waals surface area contributed by atoms with Crippen LogP contribution < -0.4 is 14.2 Å². The van der Waals surface area contributed by atoms with Gasteiger partial charge in [0.05, 0.1) is 26.7 Å². The second-order valence-electron chi connectivity index (χ2n) is 5.94. The molecule has 0 saturated heterocycles. The number of halogens is 1. The number of Topliss-reactive ketones (excluding diaryl/α,β-unsaturated/α-hetero) is 1. The maximum atomic E-state index is 13.6. The highest BCUT2D eigenvalue weighted by atomic mass is 19.1. The maximum Gasteiger partial charge on any atom is 0.310 e. The summed E-state index contributed by atoms with van der Waals surface area (Å²) in [6.07, 6.45) is 0.622. The topological polar surface area (TPSA) is 71.1 Å². The molecule has 2 aromatic rings. The van der Waals surface area contributed by atoms with Crippen LogP contribution in [0.3, 0.4) is 0 Å². The zero-order valence-electron chi connectivity index (χ0n) is 14.8. The van der Waals surface area contributed by atoms with Gasteiger partial charge in [-0.15, -0.1) is 0 Å². The molecule has 142 valence electrons. The molecule has 0 amide bonds. The third-order valence-corrected chi connectivity index (χ3v) is 4.00. The third-order valence-electron chi connectivity index (χ3n) is 4.00. The van der Waals surface area contributed by atoms with Crippen LogP contribution in [-0.4, -0.2) is 38.7 Å². The first-order valence-corrected chi connectivity index (χ1v) is 8.47. The summed E-state index contributed by atoms with van der Waals surface area (Å²) in [5, 5.41) is 0. The van der Waals surface area contributed by atoms with Crippen LogP contribution >= 0.6 is 0 Å². The molecule has 1 heterocycles. The van der Waals surface area contributed by atoms with E-state index in [-0.39, 0.29) is 18.0 Å². The molecule has 0 bridgehead atoms. The molecule has 0 N–H and O–H groups in total. The molecule has 0 aliphatic carbocycles. The van der Waals surface area contributed by atoms with Crippen molar-refractivity contribution in [2.45, 2.75) is 12.8 Å². The second-order valence-corrected chi connectivity index (χ2v) is 5.94. The summed E-state index contributed by atoms with van der Waals surface area (Å²) in [6.45, 7) is 0.666. The molecule has 3 rings (SSSR count). The number of ether oxygens (including phenoxy) is 4. The molecule has 2 aromatic carbocycles. The Kier molecular flexibility index (Phi) is 5.90. The van der Waals surface area contributed by atoms with Crippen LogP contribution in [-0.2, 0) is 16.0 Å². The van der Waals surface area contributed by atoms with Crippen LogP contribution in [0.15, 0.2) is 36.4 Å². The summed E-state index contributed by atoms with van der Waals surface area (Å²) in [6, 6.07) is 9.04. The molecule has 0 spiro atoms. The number of methoxy groups -OCH3 is 1. The zero-order chi connectivity index (χ0) is 19.2. The summed E-state index contributed by atoms with van der Waals surface area (Å²) in [7, 11) is 1.36. The van der Waals surface area contributed by atoms with Gasteiger partial charge in [-0.3, -0.25) is 9.59 Å². The van der Waals surface area contributed by atoms with Crippen molar-refractivity contribution in [1.29, 1.82) is 0 Å². The Morgan fingerprint density at radius 1 is 1.07 bits per heavy atom. The van der Waals surface area contributed by atoms with E-state index < -0.39 is 18.4 Å². The number of hydrogen-bond acceptors (Lipinski definition) is 6. The number of benzene rings is 2. The van der Waals surface area contributed by atoms with Gasteiger partial charge in [0.25, 0.3) is 0 Å². The number of carbonyl (C=O) groups excluding carboxylic acids is 2. The average molecular weight is 374 g/mol. The number of rotatable bonds is 6. The molecule has 0 radical (unpaired) electrons. The highest BCUT2D eigenvalue weighted by Gasteiger charge is 2.16. The molecule has 0 unspecified atom stereocenters. The van der Waals surface area contributed by atoms with E-state index in [4.69, 9.17) is 18.9 Å². The Hall–Kier alpha value is -3.09. The molecule has 6 nitrogen and oxygen atoms in total. The van der Waals surface area contributed by atoms with Crippen LogP contribution in [0, 0.1) is 5.82 Å². The Bertz CT molecular complexity index is 848. The summed E-state index contributed by atoms with van der Waals surface area (Å²) >= 11 is 0. The smallest absolute Gasteiger partial charge is 0.310 e. The van der Waals surface area contributed by atoms with Crippen molar-refractivity contribution < 1.29 is 32.9 Å². The molecule has 7 heteroatoms. The molecule has 0 saturated carbocycles. The lowest BCUT2D eigenvalue weighted by Gasteiger charge is -2.09. The normalized spacial score (nSPS) is 12.8. The fourth-order valence-electron chi connectivity index (χ4n) is 2.60. The van der Waals surface area contributed by atoms with Gasteiger partial charge in [-0.1, -0.05) is 6.07 Å². The second kappa shape index (κ2) is 8.53. The van der Waals surface area contributed by atoms with Crippen molar-refractivity contribution in [3.8, 4) is 17.2 Å². The Morgan fingerprint density at radius 3 is 2.59 bits per heavy atom. The van der Waals surface area contributed by atoms with Gasteiger partial charge in [0.1, 0.15) is 0 Å². The fraction of sp³-hybridized carbons (Fsp3) is 0.300. The van der Waals surface area contributed by atoms with Gasteiger partial charge in [-0.2, -0.15) is 0 Å². The lowest BCUT2D eigenvalue weighted by molar-refractivity contribution is -0.141. The predicted octanol–water partition coefficient (Wildman–Crippen LogP) is 2.96. The van der Waals surface area contributed by atoms with Gasteiger partial charge >= 0.3 is 5.97 Å². The first-order chi connectivity index (χ1) is 13.1. The van der Waals surface area contributed by atoms with Crippen molar-refractivity contribution in [2.24, 2.45) is 0 Å². The third kappa shape index (κ3) is 4.75. The highest BCUT2D eigenvalue weighted by Crippen LogP contribution is 2.30. The standard InChI is InChI=1S/C20H19FO6/c1-24-17-5-3-13(9-15(17)21)10-20(23)27-12-16(22)14-4-6-18-19(11-14)26-8-2-7-25-18/h3-6,9,11H,2,7-8,10,12H2,1H3. The quantitative estimate of drug-likeness (QED) is 0.572. The molecular formula is C20H19FO6. The number of hydrogen-bond donors (Lipinski definition) is 0. The molecule has 1 aliphatic heterocycles. The maximum absolute atomic E-state index is 13.6. The van der Waals surface area contributed by atoms with Crippen molar-refractivity contribution in [1.82, 2.24) is 0 Å². The van der Waals surface area contributed by atoms with Crippen molar-refractivity contribution in [3.05, 3.63) is 53.3 Å². The van der Waals surface area contributed by atoms with Crippen LogP contribution in [0.25, 0.3) is 0 Å². The van der Waals surface area contributed by atoms with Gasteiger partial charge < -0.3 is 18.9 Å². The van der Waals surface area contributed by atoms with E-state index in [1.807, 2.05) is 0 Å². The fourth-order valence-corrected chi connectivity index (χ4v) is 2.60. The minimum atomic E-state index is -0.623. The first-order valence-electron chi connectivity index (χ1n) is 8.47. The average Bonchev–Trinajstić information content (AvgIpc) is 2.91. The minimum absolute atomic E-state index is 0.0942. The van der Waals surface area contributed by atoms with Crippen LogP contribution in [0.4, 0.5) is 4.39 Å².